The molecular weight excluding hydrogens is 534 g/mol. The monoisotopic (exact) mass is 559 g/mol. The standard InChI is InChI=1S/C33H25N3O6/c37-30-24-13-6-14-25(34-24)31(38)36-29-23-12-4-2-8-19(23)17-27(29)42-33(40)21-10-5-9-20(15-21)32(39)41-26-16-18-7-1-3-11-22(18)28(26)35-30/h1-15,26-29H,16-17H2,(H,35,37)(H,36,38)/t26-,27-,28+,29+/m0/s1. The summed E-state index contributed by atoms with van der Waals surface area (Å²) in [4.78, 5) is 57.8. The van der Waals surface area contributed by atoms with Gasteiger partial charge in [0.1, 0.15) is 23.6 Å². The van der Waals surface area contributed by atoms with E-state index in [4.69, 9.17) is 9.47 Å². The van der Waals surface area contributed by atoms with E-state index in [-0.39, 0.29) is 22.5 Å². The van der Waals surface area contributed by atoms with Crippen LogP contribution < -0.4 is 10.6 Å². The number of nitrogens with one attached hydrogen (secondary N) is 2. The Balaban J connectivity index is 1.29. The van der Waals surface area contributed by atoms with Gasteiger partial charge >= 0.3 is 11.9 Å². The second-order valence-electron chi connectivity index (χ2n) is 10.6. The highest BCUT2D eigenvalue weighted by molar-refractivity contribution is 5.97. The summed E-state index contributed by atoms with van der Waals surface area (Å²) in [6.45, 7) is 0. The number of hydrogen-bond donors (Lipinski definition) is 2. The molecule has 4 atom stereocenters. The summed E-state index contributed by atoms with van der Waals surface area (Å²) < 4.78 is 11.8. The van der Waals surface area contributed by atoms with Gasteiger partial charge in [-0.25, -0.2) is 14.6 Å². The zero-order valence-corrected chi connectivity index (χ0v) is 22.3. The largest absolute Gasteiger partial charge is 0.456 e. The molecule has 3 aliphatic rings. The van der Waals surface area contributed by atoms with Crippen LogP contribution in [0, 0.1) is 0 Å². The summed E-state index contributed by atoms with van der Waals surface area (Å²) in [6, 6.07) is 24.6. The molecule has 1 aromatic heterocycles. The summed E-state index contributed by atoms with van der Waals surface area (Å²) in [7, 11) is 0. The minimum atomic E-state index is -0.697. The molecule has 0 saturated carbocycles. The number of hydrogen-bond acceptors (Lipinski definition) is 7. The average Bonchev–Trinajstić information content (AvgIpc) is 3.53. The molecule has 0 fully saturated rings. The summed E-state index contributed by atoms with van der Waals surface area (Å²) in [6.07, 6.45) is -0.600. The van der Waals surface area contributed by atoms with Gasteiger partial charge in [-0.3, -0.25) is 9.59 Å². The Labute approximate surface area is 240 Å². The Kier molecular flexibility index (Phi) is 6.27. The van der Waals surface area contributed by atoms with Gasteiger partial charge in [-0.15, -0.1) is 0 Å². The molecule has 2 heterocycles. The van der Waals surface area contributed by atoms with Crippen LogP contribution >= 0.6 is 0 Å². The van der Waals surface area contributed by atoms with Crippen LogP contribution in [0.5, 0.6) is 0 Å². The van der Waals surface area contributed by atoms with Gasteiger partial charge in [-0.2, -0.15) is 0 Å². The normalized spacial score (nSPS) is 23.0. The summed E-state index contributed by atoms with van der Waals surface area (Å²) in [5.41, 5.74) is 3.99. The molecule has 3 aromatic carbocycles. The molecule has 4 aromatic rings. The molecule has 2 N–H and O–H groups in total. The first-order valence-electron chi connectivity index (χ1n) is 13.7. The molecule has 0 radical (unpaired) electrons. The van der Waals surface area contributed by atoms with Crippen LogP contribution in [0.3, 0.4) is 0 Å². The highest BCUT2D eigenvalue weighted by atomic mass is 16.5. The number of aromatic nitrogens is 1. The van der Waals surface area contributed by atoms with Crippen molar-refractivity contribution in [2.24, 2.45) is 0 Å². The van der Waals surface area contributed by atoms with Crippen molar-refractivity contribution in [3.05, 3.63) is 136 Å². The number of rotatable bonds is 0. The predicted octanol–water partition coefficient (Wildman–Crippen LogP) is 3.90. The lowest BCUT2D eigenvalue weighted by atomic mass is 10.1. The third-order valence-corrected chi connectivity index (χ3v) is 8.00. The number of pyridine rings is 1. The number of carbonyl (C=O) groups is 4. The fourth-order valence-corrected chi connectivity index (χ4v) is 5.98. The molecule has 2 aliphatic carbocycles. The molecule has 42 heavy (non-hydrogen) atoms. The number of esters is 2. The Bertz CT molecular complexity index is 1650. The van der Waals surface area contributed by atoms with Crippen LogP contribution in [-0.4, -0.2) is 40.9 Å². The van der Waals surface area contributed by atoms with E-state index in [0.29, 0.717) is 12.8 Å². The summed E-state index contributed by atoms with van der Waals surface area (Å²) in [5, 5.41) is 5.93. The molecule has 0 unspecified atom stereocenters. The van der Waals surface area contributed by atoms with Gasteiger partial charge in [0.15, 0.2) is 0 Å². The molecule has 1 aliphatic heterocycles. The second kappa shape index (κ2) is 10.3. The highest BCUT2D eigenvalue weighted by Crippen LogP contribution is 2.36. The molecule has 0 spiro atoms. The zero-order chi connectivity index (χ0) is 28.8. The van der Waals surface area contributed by atoms with Gasteiger partial charge in [0, 0.05) is 12.8 Å². The van der Waals surface area contributed by atoms with Crippen LogP contribution in [0.25, 0.3) is 0 Å². The van der Waals surface area contributed by atoms with Gasteiger partial charge in [-0.1, -0.05) is 60.7 Å². The van der Waals surface area contributed by atoms with E-state index in [0.717, 1.165) is 22.3 Å². The van der Waals surface area contributed by atoms with E-state index >= 15 is 0 Å². The molecular formula is C33H25N3O6. The minimum Gasteiger partial charge on any atom is -0.456 e. The lowest BCUT2D eigenvalue weighted by Gasteiger charge is -2.24. The first-order valence-corrected chi connectivity index (χ1v) is 13.7. The maximum Gasteiger partial charge on any atom is 0.338 e. The highest BCUT2D eigenvalue weighted by Gasteiger charge is 2.39. The number of benzene rings is 3. The van der Waals surface area contributed by atoms with Gasteiger partial charge < -0.3 is 20.1 Å². The Morgan fingerprint density at radius 3 is 1.52 bits per heavy atom. The second-order valence-corrected chi connectivity index (χ2v) is 10.6. The predicted molar refractivity (Wildman–Crippen MR) is 150 cm³/mol. The van der Waals surface area contributed by atoms with E-state index in [2.05, 4.69) is 15.6 Å². The Morgan fingerprint density at radius 2 is 1.02 bits per heavy atom. The van der Waals surface area contributed by atoms with E-state index in [1.165, 1.54) is 18.2 Å². The van der Waals surface area contributed by atoms with Crippen LogP contribution in [-0.2, 0) is 22.3 Å². The van der Waals surface area contributed by atoms with E-state index in [9.17, 15) is 19.2 Å². The van der Waals surface area contributed by atoms with Crippen LogP contribution in [0.1, 0.15) is 76.0 Å². The van der Waals surface area contributed by atoms with Gasteiger partial charge in [-0.05, 0) is 52.6 Å². The van der Waals surface area contributed by atoms with Gasteiger partial charge in [0.25, 0.3) is 11.8 Å². The maximum atomic E-state index is 13.4. The lowest BCUT2D eigenvalue weighted by Crippen LogP contribution is -2.38. The quantitative estimate of drug-likeness (QED) is 0.313. The van der Waals surface area contributed by atoms with Crippen molar-refractivity contribution < 1.29 is 28.7 Å². The molecule has 0 saturated heterocycles. The van der Waals surface area contributed by atoms with E-state index in [1.807, 2.05) is 48.5 Å². The van der Waals surface area contributed by atoms with Gasteiger partial charge in [0.05, 0.1) is 23.2 Å². The molecule has 9 heteroatoms. The number of amides is 2. The van der Waals surface area contributed by atoms with Crippen LogP contribution in [0.2, 0.25) is 0 Å². The lowest BCUT2D eigenvalue weighted by molar-refractivity contribution is 0.0225. The average molecular weight is 560 g/mol. The SMILES string of the molecule is O=C1O[C@H]2Cc3ccccc3[C@H]2NC(=O)c2cccc(n2)C(=O)N[C@@H]2c3ccccc3C[C@@H]2OC(=O)c2cccc1c2. The number of fused-ring (bicyclic) bond motifs is 10. The van der Waals surface area contributed by atoms with Crippen LogP contribution in [0.4, 0.5) is 0 Å². The van der Waals surface area contributed by atoms with Crippen molar-refractivity contribution in [2.75, 3.05) is 0 Å². The van der Waals surface area contributed by atoms with Gasteiger partial charge in [0.2, 0.25) is 0 Å². The van der Waals surface area contributed by atoms with Crippen LogP contribution in [0.15, 0.2) is 91.0 Å². The van der Waals surface area contributed by atoms with Crippen molar-refractivity contribution in [3.63, 3.8) is 0 Å². The van der Waals surface area contributed by atoms with Crippen molar-refractivity contribution in [2.45, 2.75) is 37.1 Å². The number of carbonyl (C=O) groups excluding carboxylic acids is 4. The summed E-state index contributed by atoms with van der Waals surface area (Å²) >= 11 is 0. The fourth-order valence-electron chi connectivity index (χ4n) is 5.98. The van der Waals surface area contributed by atoms with Crippen molar-refractivity contribution in [3.8, 4) is 0 Å². The van der Waals surface area contributed by atoms with E-state index in [1.54, 1.807) is 24.3 Å². The molecule has 7 rings (SSSR count). The van der Waals surface area contributed by atoms with Crippen molar-refractivity contribution in [1.29, 1.82) is 0 Å². The van der Waals surface area contributed by atoms with Crippen molar-refractivity contribution in [1.82, 2.24) is 15.6 Å². The molecule has 208 valence electrons. The Hall–Kier alpha value is -5.31. The maximum absolute atomic E-state index is 13.4. The molecule has 2 amide bonds. The topological polar surface area (TPSA) is 124 Å². The number of ether oxygens (including phenoxy) is 2. The summed E-state index contributed by atoms with van der Waals surface area (Å²) in [5.74, 6) is -2.26. The fraction of sp³-hybridized carbons (Fsp3) is 0.182. The third-order valence-electron chi connectivity index (χ3n) is 8.00. The first kappa shape index (κ1) is 25.6. The molecule has 4 bridgehead atoms. The number of nitrogens with zero attached hydrogens (tertiary/aromatic N) is 1. The zero-order valence-electron chi connectivity index (χ0n) is 22.3. The first-order chi connectivity index (χ1) is 20.4. The molecule has 9 nitrogen and oxygen atoms in total. The third kappa shape index (κ3) is 4.58. The Morgan fingerprint density at radius 1 is 0.571 bits per heavy atom. The van der Waals surface area contributed by atoms with Crippen molar-refractivity contribution >= 4 is 23.8 Å². The minimum absolute atomic E-state index is 0.0423. The van der Waals surface area contributed by atoms with E-state index < -0.39 is 48.0 Å². The smallest absolute Gasteiger partial charge is 0.338 e.